The first-order valence-corrected chi connectivity index (χ1v) is 12.2. The Labute approximate surface area is 178 Å². The van der Waals surface area contributed by atoms with Crippen LogP contribution in [-0.4, -0.2) is 30.9 Å². The van der Waals surface area contributed by atoms with Gasteiger partial charge >= 0.3 is 0 Å². The van der Waals surface area contributed by atoms with E-state index in [-0.39, 0.29) is 17.7 Å². The highest BCUT2D eigenvalue weighted by Crippen LogP contribution is 2.50. The van der Waals surface area contributed by atoms with E-state index >= 15 is 0 Å². The lowest BCUT2D eigenvalue weighted by molar-refractivity contribution is 0.288. The van der Waals surface area contributed by atoms with Crippen LogP contribution in [0.5, 0.6) is 5.75 Å². The molecule has 2 heterocycles. The molecular weight excluding hydrogens is 396 g/mol. The zero-order valence-corrected chi connectivity index (χ0v) is 18.0. The van der Waals surface area contributed by atoms with Gasteiger partial charge in [-0.05, 0) is 72.6 Å². The zero-order chi connectivity index (χ0) is 20.9. The van der Waals surface area contributed by atoms with Crippen LogP contribution in [0, 0.1) is 11.8 Å². The van der Waals surface area contributed by atoms with E-state index in [2.05, 4.69) is 24.4 Å². The van der Waals surface area contributed by atoms with E-state index in [1.807, 2.05) is 24.3 Å². The van der Waals surface area contributed by atoms with Crippen LogP contribution in [0.2, 0.25) is 0 Å². The molecule has 1 saturated heterocycles. The Balaban J connectivity index is 1.48. The fourth-order valence-corrected chi connectivity index (χ4v) is 6.62. The summed E-state index contributed by atoms with van der Waals surface area (Å²) >= 11 is 0. The number of piperidine rings is 1. The molecule has 0 radical (unpaired) electrons. The normalized spacial score (nSPS) is 26.8. The van der Waals surface area contributed by atoms with Crippen LogP contribution in [-0.2, 0) is 10.0 Å². The Bertz CT molecular complexity index is 1070. The van der Waals surface area contributed by atoms with Gasteiger partial charge in [-0.3, -0.25) is 0 Å². The highest BCUT2D eigenvalue weighted by Gasteiger charge is 2.39. The van der Waals surface area contributed by atoms with Crippen molar-refractivity contribution >= 4 is 15.7 Å². The molecule has 2 aromatic rings. The molecule has 0 spiro atoms. The molecule has 0 saturated carbocycles. The van der Waals surface area contributed by atoms with Crippen LogP contribution in [0.4, 0.5) is 5.69 Å². The average Bonchev–Trinajstić information content (AvgIpc) is 3.24. The van der Waals surface area contributed by atoms with Crippen molar-refractivity contribution in [3.8, 4) is 5.75 Å². The Hall–Kier alpha value is -2.31. The molecule has 30 heavy (non-hydrogen) atoms. The van der Waals surface area contributed by atoms with Crippen LogP contribution >= 0.6 is 0 Å². The van der Waals surface area contributed by atoms with Crippen molar-refractivity contribution < 1.29 is 13.5 Å². The second kappa shape index (κ2) is 7.43. The summed E-state index contributed by atoms with van der Waals surface area (Å²) in [5, 5.41) is 13.3. The third-order valence-corrected chi connectivity index (χ3v) is 8.86. The van der Waals surface area contributed by atoms with Gasteiger partial charge in [-0.1, -0.05) is 31.2 Å². The van der Waals surface area contributed by atoms with Crippen molar-refractivity contribution in [1.29, 1.82) is 0 Å². The number of sulfonamides is 1. The summed E-state index contributed by atoms with van der Waals surface area (Å²) < 4.78 is 28.2. The Morgan fingerprint density at radius 3 is 2.53 bits per heavy atom. The van der Waals surface area contributed by atoms with Gasteiger partial charge in [0.1, 0.15) is 5.75 Å². The second-order valence-corrected chi connectivity index (χ2v) is 10.8. The summed E-state index contributed by atoms with van der Waals surface area (Å²) in [5.74, 6) is 1.37. The Morgan fingerprint density at radius 1 is 1.07 bits per heavy atom. The molecule has 3 unspecified atom stereocenters. The minimum Gasteiger partial charge on any atom is -0.508 e. The van der Waals surface area contributed by atoms with Gasteiger partial charge in [-0.2, -0.15) is 4.31 Å². The molecule has 2 aliphatic heterocycles. The minimum absolute atomic E-state index is 0.129. The van der Waals surface area contributed by atoms with Gasteiger partial charge in [-0.15, -0.1) is 0 Å². The van der Waals surface area contributed by atoms with Crippen molar-refractivity contribution in [3.05, 3.63) is 65.7 Å². The summed E-state index contributed by atoms with van der Waals surface area (Å²) in [7, 11) is -3.46. The molecule has 6 heteroatoms. The number of aromatic hydroxyl groups is 1. The quantitative estimate of drug-likeness (QED) is 0.705. The van der Waals surface area contributed by atoms with Gasteiger partial charge in [0.2, 0.25) is 10.0 Å². The number of nitrogens with one attached hydrogen (secondary N) is 1. The molecule has 2 aromatic carbocycles. The van der Waals surface area contributed by atoms with Crippen LogP contribution in [0.1, 0.15) is 49.3 Å². The standard InChI is InChI=1S/C24H28N2O3S/c1-16-11-13-26(14-12-16)30(28,29)19-9-10-23-22(15-19)20-3-2-4-21(20)24(25-23)17-5-7-18(27)8-6-17/h2-3,5-10,15-16,20-21,24-25,27H,4,11-14H2,1H3. The smallest absolute Gasteiger partial charge is 0.243 e. The number of phenols is 1. The predicted molar refractivity (Wildman–Crippen MR) is 118 cm³/mol. The number of anilines is 1. The van der Waals surface area contributed by atoms with Gasteiger partial charge in [0, 0.05) is 24.7 Å². The topological polar surface area (TPSA) is 69.6 Å². The fraction of sp³-hybridized carbons (Fsp3) is 0.417. The molecule has 3 atom stereocenters. The molecule has 1 aliphatic carbocycles. The lowest BCUT2D eigenvalue weighted by atomic mass is 9.77. The van der Waals surface area contributed by atoms with Gasteiger partial charge in [0.05, 0.1) is 10.9 Å². The number of hydrogen-bond acceptors (Lipinski definition) is 4. The summed E-state index contributed by atoms with van der Waals surface area (Å²) in [5.41, 5.74) is 3.19. The number of allylic oxidation sites excluding steroid dienone is 2. The lowest BCUT2D eigenvalue weighted by Gasteiger charge is -2.38. The number of rotatable bonds is 3. The van der Waals surface area contributed by atoms with E-state index < -0.39 is 10.0 Å². The highest BCUT2D eigenvalue weighted by atomic mass is 32.2. The molecule has 3 aliphatic rings. The lowest BCUT2D eigenvalue weighted by Crippen LogP contribution is -2.38. The molecular formula is C24H28N2O3S. The summed E-state index contributed by atoms with van der Waals surface area (Å²) in [6.07, 6.45) is 7.22. The second-order valence-electron chi connectivity index (χ2n) is 8.90. The predicted octanol–water partition coefficient (Wildman–Crippen LogP) is 4.64. The average molecular weight is 425 g/mol. The van der Waals surface area contributed by atoms with Crippen molar-refractivity contribution in [1.82, 2.24) is 4.31 Å². The number of fused-ring (bicyclic) bond motifs is 3. The van der Waals surface area contributed by atoms with E-state index in [0.717, 1.165) is 36.1 Å². The van der Waals surface area contributed by atoms with Crippen LogP contribution in [0.3, 0.4) is 0 Å². The van der Waals surface area contributed by atoms with Gasteiger partial charge in [0.25, 0.3) is 0 Å². The number of phenolic OH excluding ortho intramolecular Hbond substituents is 1. The Morgan fingerprint density at radius 2 is 1.80 bits per heavy atom. The third-order valence-electron chi connectivity index (χ3n) is 6.97. The van der Waals surface area contributed by atoms with Crippen LogP contribution < -0.4 is 5.32 Å². The largest absolute Gasteiger partial charge is 0.508 e. The molecule has 5 nitrogen and oxygen atoms in total. The number of nitrogens with zero attached hydrogens (tertiary/aromatic N) is 1. The molecule has 0 amide bonds. The van der Waals surface area contributed by atoms with Crippen molar-refractivity contribution in [2.75, 3.05) is 18.4 Å². The molecule has 1 fully saturated rings. The highest BCUT2D eigenvalue weighted by molar-refractivity contribution is 7.89. The molecule has 0 aromatic heterocycles. The van der Waals surface area contributed by atoms with E-state index in [1.165, 1.54) is 0 Å². The monoisotopic (exact) mass is 424 g/mol. The van der Waals surface area contributed by atoms with Gasteiger partial charge < -0.3 is 10.4 Å². The minimum atomic E-state index is -3.46. The zero-order valence-electron chi connectivity index (χ0n) is 17.2. The maximum atomic E-state index is 13.3. The summed E-state index contributed by atoms with van der Waals surface area (Å²) in [4.78, 5) is 0.403. The third kappa shape index (κ3) is 3.32. The first-order valence-electron chi connectivity index (χ1n) is 10.8. The SMILES string of the molecule is CC1CCN(S(=O)(=O)c2ccc3c(c2)C2C=CCC2C(c2ccc(O)cc2)N3)CC1. The maximum Gasteiger partial charge on any atom is 0.243 e. The molecule has 5 rings (SSSR count). The van der Waals surface area contributed by atoms with Crippen LogP contribution in [0.15, 0.2) is 59.5 Å². The number of benzene rings is 2. The first kappa shape index (κ1) is 19.6. The first-order chi connectivity index (χ1) is 14.4. The van der Waals surface area contributed by atoms with E-state index in [1.54, 1.807) is 22.5 Å². The van der Waals surface area contributed by atoms with E-state index in [4.69, 9.17) is 0 Å². The van der Waals surface area contributed by atoms with Crippen molar-refractivity contribution in [3.63, 3.8) is 0 Å². The van der Waals surface area contributed by atoms with E-state index in [9.17, 15) is 13.5 Å². The molecule has 0 bridgehead atoms. The summed E-state index contributed by atoms with van der Waals surface area (Å²) in [6, 6.07) is 13.0. The summed E-state index contributed by atoms with van der Waals surface area (Å²) in [6.45, 7) is 3.40. The van der Waals surface area contributed by atoms with Crippen molar-refractivity contribution in [2.45, 2.75) is 43.0 Å². The number of hydrogen-bond donors (Lipinski definition) is 2. The van der Waals surface area contributed by atoms with Gasteiger partial charge in [-0.25, -0.2) is 8.42 Å². The van der Waals surface area contributed by atoms with Crippen molar-refractivity contribution in [2.24, 2.45) is 11.8 Å². The van der Waals surface area contributed by atoms with E-state index in [0.29, 0.717) is 29.8 Å². The molecule has 2 N–H and O–H groups in total. The molecule has 158 valence electrons. The van der Waals surface area contributed by atoms with Crippen LogP contribution in [0.25, 0.3) is 0 Å². The fourth-order valence-electron chi connectivity index (χ4n) is 5.12. The van der Waals surface area contributed by atoms with Gasteiger partial charge in [0.15, 0.2) is 0 Å². The Kier molecular flexibility index (Phi) is 4.86. The maximum absolute atomic E-state index is 13.3.